The highest BCUT2D eigenvalue weighted by Crippen LogP contribution is 2.24. The van der Waals surface area contributed by atoms with Gasteiger partial charge in [0.15, 0.2) is 0 Å². The molecule has 1 aliphatic heterocycles. The summed E-state index contributed by atoms with van der Waals surface area (Å²) in [6.45, 7) is 13.1. The fourth-order valence-corrected chi connectivity index (χ4v) is 2.98. The van der Waals surface area contributed by atoms with E-state index >= 15 is 0 Å². The van der Waals surface area contributed by atoms with E-state index in [4.69, 9.17) is 4.74 Å². The van der Waals surface area contributed by atoms with Crippen molar-refractivity contribution in [2.24, 2.45) is 5.92 Å². The molecule has 1 aromatic heterocycles. The molecule has 0 aromatic carbocycles. The molecule has 0 aliphatic carbocycles. The number of amides is 1. The van der Waals surface area contributed by atoms with Crippen molar-refractivity contribution >= 4 is 12.0 Å². The van der Waals surface area contributed by atoms with Gasteiger partial charge in [-0.3, -0.25) is 0 Å². The van der Waals surface area contributed by atoms with Crippen LogP contribution in [0.15, 0.2) is 6.07 Å². The van der Waals surface area contributed by atoms with Gasteiger partial charge in [0.05, 0.1) is 6.04 Å². The van der Waals surface area contributed by atoms with Gasteiger partial charge in [-0.05, 0) is 59.4 Å². The molecule has 0 spiro atoms. The van der Waals surface area contributed by atoms with Crippen LogP contribution in [0.2, 0.25) is 0 Å². The zero-order valence-corrected chi connectivity index (χ0v) is 15.7. The Morgan fingerprint density at radius 2 is 1.92 bits per heavy atom. The number of aryl methyl sites for hydroxylation is 2. The number of likely N-dealkylation sites (tertiary alicyclic amines) is 1. The molecule has 2 atom stereocenters. The molecule has 134 valence electrons. The summed E-state index contributed by atoms with van der Waals surface area (Å²) < 4.78 is 5.57. The number of ether oxygens (including phenoxy) is 1. The molecule has 2 rings (SSSR count). The number of nitrogens with zero attached hydrogens (tertiary/aromatic N) is 3. The fourth-order valence-electron chi connectivity index (χ4n) is 2.98. The summed E-state index contributed by atoms with van der Waals surface area (Å²) in [7, 11) is 0. The highest BCUT2D eigenvalue weighted by Gasteiger charge is 2.32. The molecule has 1 N–H and O–H groups in total. The van der Waals surface area contributed by atoms with Crippen LogP contribution in [0.1, 0.15) is 51.9 Å². The lowest BCUT2D eigenvalue weighted by atomic mass is 9.94. The van der Waals surface area contributed by atoms with Crippen molar-refractivity contribution in [2.75, 3.05) is 18.4 Å². The van der Waals surface area contributed by atoms with Crippen LogP contribution in [-0.4, -0.2) is 45.7 Å². The van der Waals surface area contributed by atoms with Crippen LogP contribution < -0.4 is 5.32 Å². The minimum Gasteiger partial charge on any atom is -0.444 e. The van der Waals surface area contributed by atoms with E-state index in [1.165, 1.54) is 0 Å². The van der Waals surface area contributed by atoms with Gasteiger partial charge < -0.3 is 15.0 Å². The first-order chi connectivity index (χ1) is 11.1. The highest BCUT2D eigenvalue weighted by molar-refractivity contribution is 5.68. The van der Waals surface area contributed by atoms with Crippen molar-refractivity contribution < 1.29 is 9.53 Å². The van der Waals surface area contributed by atoms with E-state index in [1.54, 1.807) is 0 Å². The lowest BCUT2D eigenvalue weighted by molar-refractivity contribution is 0.00576. The summed E-state index contributed by atoms with van der Waals surface area (Å²) in [6.07, 6.45) is 1.83. The Bertz CT molecular complexity index is 563. The first-order valence-corrected chi connectivity index (χ1v) is 8.70. The first-order valence-electron chi connectivity index (χ1n) is 8.70. The quantitative estimate of drug-likeness (QED) is 0.916. The predicted octanol–water partition coefficient (Wildman–Crippen LogP) is 3.54. The van der Waals surface area contributed by atoms with E-state index < -0.39 is 5.60 Å². The number of hydrogen-bond donors (Lipinski definition) is 1. The van der Waals surface area contributed by atoms with Gasteiger partial charge >= 0.3 is 6.09 Å². The first kappa shape index (κ1) is 18.5. The molecule has 1 aliphatic rings. The summed E-state index contributed by atoms with van der Waals surface area (Å²) in [5, 5.41) is 3.29. The number of carbonyl (C=O) groups excluding carboxylic acids is 1. The van der Waals surface area contributed by atoms with E-state index in [-0.39, 0.29) is 12.1 Å². The Morgan fingerprint density at radius 3 is 2.50 bits per heavy atom. The standard InChI is InChI=1S/C18H30N4O2/c1-12-7-8-15(22(11-12)17(23)24-18(4,5)6)10-19-16-20-13(2)9-14(3)21-16/h9,12,15H,7-8,10-11H2,1-6H3,(H,19,20,21). The lowest BCUT2D eigenvalue weighted by Gasteiger charge is -2.39. The Hall–Kier alpha value is -1.85. The summed E-state index contributed by atoms with van der Waals surface area (Å²) in [6, 6.07) is 2.04. The number of piperidine rings is 1. The lowest BCUT2D eigenvalue weighted by Crippen LogP contribution is -2.51. The number of anilines is 1. The summed E-state index contributed by atoms with van der Waals surface area (Å²) in [4.78, 5) is 23.2. The molecule has 0 radical (unpaired) electrons. The third-order valence-corrected chi connectivity index (χ3v) is 4.05. The molecule has 1 saturated heterocycles. The maximum Gasteiger partial charge on any atom is 0.410 e. The molecule has 0 bridgehead atoms. The van der Waals surface area contributed by atoms with Crippen molar-refractivity contribution in [2.45, 2.75) is 66.0 Å². The van der Waals surface area contributed by atoms with Gasteiger partial charge in [-0.1, -0.05) is 6.92 Å². The van der Waals surface area contributed by atoms with Crippen LogP contribution in [0.25, 0.3) is 0 Å². The van der Waals surface area contributed by atoms with Gasteiger partial charge in [0.2, 0.25) is 5.95 Å². The third kappa shape index (κ3) is 5.35. The molecule has 6 heteroatoms. The van der Waals surface area contributed by atoms with Crippen molar-refractivity contribution in [3.63, 3.8) is 0 Å². The Labute approximate surface area is 145 Å². The van der Waals surface area contributed by atoms with Gasteiger partial charge in [0.25, 0.3) is 0 Å². The molecule has 2 heterocycles. The number of nitrogens with one attached hydrogen (secondary N) is 1. The Morgan fingerprint density at radius 1 is 1.29 bits per heavy atom. The van der Waals surface area contributed by atoms with Gasteiger partial charge in [-0.2, -0.15) is 0 Å². The molecule has 1 fully saturated rings. The van der Waals surface area contributed by atoms with E-state index in [9.17, 15) is 4.79 Å². The Kier molecular flexibility index (Phi) is 5.67. The highest BCUT2D eigenvalue weighted by atomic mass is 16.6. The predicted molar refractivity (Wildman–Crippen MR) is 95.1 cm³/mol. The van der Waals surface area contributed by atoms with Gasteiger partial charge in [0, 0.05) is 24.5 Å². The monoisotopic (exact) mass is 334 g/mol. The van der Waals surface area contributed by atoms with Gasteiger partial charge in [0.1, 0.15) is 5.60 Å². The van der Waals surface area contributed by atoms with Crippen molar-refractivity contribution in [3.05, 3.63) is 17.5 Å². The summed E-state index contributed by atoms with van der Waals surface area (Å²) in [5.41, 5.74) is 1.39. The smallest absolute Gasteiger partial charge is 0.410 e. The molecule has 1 aromatic rings. The molecule has 24 heavy (non-hydrogen) atoms. The normalized spacial score (nSPS) is 21.5. The van der Waals surface area contributed by atoms with E-state index in [2.05, 4.69) is 22.2 Å². The average Bonchev–Trinajstić information content (AvgIpc) is 2.43. The van der Waals surface area contributed by atoms with Crippen LogP contribution in [-0.2, 0) is 4.74 Å². The molecule has 6 nitrogen and oxygen atoms in total. The van der Waals surface area contributed by atoms with Gasteiger partial charge in [-0.15, -0.1) is 0 Å². The van der Waals surface area contributed by atoms with E-state index in [1.807, 2.05) is 45.6 Å². The van der Waals surface area contributed by atoms with Crippen LogP contribution >= 0.6 is 0 Å². The third-order valence-electron chi connectivity index (χ3n) is 4.05. The van der Waals surface area contributed by atoms with E-state index in [0.29, 0.717) is 18.4 Å². The van der Waals surface area contributed by atoms with Crippen LogP contribution in [0.3, 0.4) is 0 Å². The Balaban J connectivity index is 2.03. The summed E-state index contributed by atoms with van der Waals surface area (Å²) in [5.74, 6) is 1.11. The van der Waals surface area contributed by atoms with Crippen LogP contribution in [0.4, 0.5) is 10.7 Å². The number of hydrogen-bond acceptors (Lipinski definition) is 5. The average molecular weight is 334 g/mol. The molecule has 2 unspecified atom stereocenters. The molecule has 1 amide bonds. The fraction of sp³-hybridized carbons (Fsp3) is 0.722. The maximum absolute atomic E-state index is 12.5. The number of carbonyl (C=O) groups is 1. The largest absolute Gasteiger partial charge is 0.444 e. The summed E-state index contributed by atoms with van der Waals surface area (Å²) >= 11 is 0. The van der Waals surface area contributed by atoms with E-state index in [0.717, 1.165) is 30.8 Å². The van der Waals surface area contributed by atoms with Crippen molar-refractivity contribution in [1.82, 2.24) is 14.9 Å². The minimum atomic E-state index is -0.480. The zero-order chi connectivity index (χ0) is 17.9. The SMILES string of the molecule is Cc1cc(C)nc(NCC2CCC(C)CN2C(=O)OC(C)(C)C)n1. The minimum absolute atomic E-state index is 0.0977. The molecule has 0 saturated carbocycles. The van der Waals surface area contributed by atoms with Crippen LogP contribution in [0, 0.1) is 19.8 Å². The van der Waals surface area contributed by atoms with Crippen LogP contribution in [0.5, 0.6) is 0 Å². The topological polar surface area (TPSA) is 67.4 Å². The second kappa shape index (κ2) is 7.36. The van der Waals surface area contributed by atoms with Crippen molar-refractivity contribution in [1.29, 1.82) is 0 Å². The molecular weight excluding hydrogens is 304 g/mol. The van der Waals surface area contributed by atoms with Crippen molar-refractivity contribution in [3.8, 4) is 0 Å². The second-order valence-corrected chi connectivity index (χ2v) is 7.82. The zero-order valence-electron chi connectivity index (χ0n) is 15.7. The molecular formula is C18H30N4O2. The second-order valence-electron chi connectivity index (χ2n) is 7.82. The number of aromatic nitrogens is 2. The van der Waals surface area contributed by atoms with Gasteiger partial charge in [-0.25, -0.2) is 14.8 Å². The maximum atomic E-state index is 12.5. The number of rotatable bonds is 3.